The van der Waals surface area contributed by atoms with Crippen molar-refractivity contribution in [3.8, 4) is 0 Å². The van der Waals surface area contributed by atoms with E-state index in [-0.39, 0.29) is 5.41 Å². The molecule has 1 amide bonds. The lowest BCUT2D eigenvalue weighted by molar-refractivity contribution is 0.0348. The average Bonchev–Trinajstić information content (AvgIpc) is 1.82. The fraction of sp³-hybridized carbons (Fsp3) is 0.875. The van der Waals surface area contributed by atoms with Gasteiger partial charge in [0.2, 0.25) is 0 Å². The van der Waals surface area contributed by atoms with E-state index in [1.165, 1.54) is 0 Å². The van der Waals surface area contributed by atoms with E-state index < -0.39 is 18.2 Å². The average molecular weight is 175 g/mol. The molecule has 0 aromatic rings. The van der Waals surface area contributed by atoms with Gasteiger partial charge in [0.15, 0.2) is 0 Å². The van der Waals surface area contributed by atoms with Gasteiger partial charge in [0.25, 0.3) is 0 Å². The molecule has 12 heavy (non-hydrogen) atoms. The first kappa shape index (κ1) is 11.2. The van der Waals surface area contributed by atoms with Crippen molar-refractivity contribution in [2.75, 3.05) is 0 Å². The summed E-state index contributed by atoms with van der Waals surface area (Å²) < 4.78 is 0. The lowest BCUT2D eigenvalue weighted by atomic mass is 9.85. The van der Waals surface area contributed by atoms with Crippen LogP contribution in [0.25, 0.3) is 0 Å². The number of aliphatic hydroxyl groups excluding tert-OH is 1. The van der Waals surface area contributed by atoms with Crippen LogP contribution in [0.3, 0.4) is 0 Å². The summed E-state index contributed by atoms with van der Waals surface area (Å²) in [5, 5.41) is 20.2. The van der Waals surface area contributed by atoms with Crippen molar-refractivity contribution in [2.24, 2.45) is 5.41 Å². The molecule has 0 saturated carbocycles. The van der Waals surface area contributed by atoms with Gasteiger partial charge in [-0.1, -0.05) is 20.8 Å². The molecule has 0 fully saturated rings. The summed E-state index contributed by atoms with van der Waals surface area (Å²) in [7, 11) is 0. The van der Waals surface area contributed by atoms with E-state index in [1.807, 2.05) is 20.8 Å². The first-order valence-corrected chi connectivity index (χ1v) is 3.92. The lowest BCUT2D eigenvalue weighted by Crippen LogP contribution is -2.46. The Kier molecular flexibility index (Phi) is 3.52. The molecule has 0 saturated heterocycles. The van der Waals surface area contributed by atoms with Gasteiger partial charge in [-0.05, 0) is 12.3 Å². The standard InChI is InChI=1S/C8H17NO3/c1-5(9-7(11)12)6(10)8(2,3)4/h5-6,9-10H,1-4H3,(H,11,12)/t5?,6-/m1/s1. The Labute approximate surface area is 72.6 Å². The van der Waals surface area contributed by atoms with Crippen molar-refractivity contribution < 1.29 is 15.0 Å². The number of rotatable bonds is 2. The van der Waals surface area contributed by atoms with Crippen molar-refractivity contribution in [3.05, 3.63) is 0 Å². The minimum atomic E-state index is -1.11. The Hall–Kier alpha value is -0.770. The number of hydrogen-bond acceptors (Lipinski definition) is 2. The van der Waals surface area contributed by atoms with Gasteiger partial charge in [0.1, 0.15) is 0 Å². The summed E-state index contributed by atoms with van der Waals surface area (Å²) in [4.78, 5) is 10.2. The largest absolute Gasteiger partial charge is 0.465 e. The summed E-state index contributed by atoms with van der Waals surface area (Å²) in [6.45, 7) is 7.22. The molecule has 0 aromatic heterocycles. The minimum Gasteiger partial charge on any atom is -0.465 e. The van der Waals surface area contributed by atoms with Gasteiger partial charge in [-0.2, -0.15) is 0 Å². The Morgan fingerprint density at radius 3 is 2.08 bits per heavy atom. The lowest BCUT2D eigenvalue weighted by Gasteiger charge is -2.30. The molecule has 0 heterocycles. The molecule has 0 radical (unpaired) electrons. The van der Waals surface area contributed by atoms with Crippen LogP contribution in [-0.2, 0) is 0 Å². The molecular weight excluding hydrogens is 158 g/mol. The van der Waals surface area contributed by atoms with Gasteiger partial charge in [-0.3, -0.25) is 0 Å². The molecule has 0 aliphatic rings. The Morgan fingerprint density at radius 1 is 1.42 bits per heavy atom. The number of hydrogen-bond donors (Lipinski definition) is 3. The monoisotopic (exact) mass is 175 g/mol. The summed E-state index contributed by atoms with van der Waals surface area (Å²) in [5.74, 6) is 0. The SMILES string of the molecule is CC(NC(=O)O)[C@@H](O)C(C)(C)C. The molecule has 2 atom stereocenters. The molecule has 0 spiro atoms. The van der Waals surface area contributed by atoms with Gasteiger partial charge < -0.3 is 15.5 Å². The highest BCUT2D eigenvalue weighted by Crippen LogP contribution is 2.21. The third-order valence-electron chi connectivity index (χ3n) is 1.71. The highest BCUT2D eigenvalue weighted by Gasteiger charge is 2.28. The highest BCUT2D eigenvalue weighted by molar-refractivity contribution is 5.64. The third-order valence-corrected chi connectivity index (χ3v) is 1.71. The first-order valence-electron chi connectivity index (χ1n) is 3.92. The number of carboxylic acid groups (broad SMARTS) is 1. The topological polar surface area (TPSA) is 69.6 Å². The van der Waals surface area contributed by atoms with Crippen LogP contribution in [0.1, 0.15) is 27.7 Å². The summed E-state index contributed by atoms with van der Waals surface area (Å²) in [6.07, 6.45) is -1.78. The molecule has 0 aliphatic heterocycles. The smallest absolute Gasteiger partial charge is 0.404 e. The maximum atomic E-state index is 10.2. The van der Waals surface area contributed by atoms with E-state index in [9.17, 15) is 9.90 Å². The zero-order valence-corrected chi connectivity index (χ0v) is 7.96. The Morgan fingerprint density at radius 2 is 1.83 bits per heavy atom. The maximum Gasteiger partial charge on any atom is 0.404 e. The van der Waals surface area contributed by atoms with Crippen LogP contribution in [0.15, 0.2) is 0 Å². The molecular formula is C8H17NO3. The number of carbonyl (C=O) groups is 1. The minimum absolute atomic E-state index is 0.304. The first-order chi connectivity index (χ1) is 5.25. The molecule has 3 N–H and O–H groups in total. The normalized spacial score (nSPS) is 16.8. The van der Waals surface area contributed by atoms with Gasteiger partial charge in [0.05, 0.1) is 12.1 Å². The van der Waals surface area contributed by atoms with Crippen molar-refractivity contribution in [1.29, 1.82) is 0 Å². The molecule has 72 valence electrons. The van der Waals surface area contributed by atoms with E-state index in [4.69, 9.17) is 5.11 Å². The van der Waals surface area contributed by atoms with E-state index in [2.05, 4.69) is 5.32 Å². The molecule has 0 rings (SSSR count). The van der Waals surface area contributed by atoms with Crippen LogP contribution >= 0.6 is 0 Å². The van der Waals surface area contributed by atoms with Crippen LogP contribution in [0.4, 0.5) is 4.79 Å². The predicted molar refractivity (Wildman–Crippen MR) is 46.1 cm³/mol. The molecule has 0 bridgehead atoms. The van der Waals surface area contributed by atoms with Crippen LogP contribution in [0.5, 0.6) is 0 Å². The fourth-order valence-electron chi connectivity index (χ4n) is 1.02. The summed E-state index contributed by atoms with van der Waals surface area (Å²) in [5.41, 5.74) is -0.304. The van der Waals surface area contributed by atoms with Crippen molar-refractivity contribution in [1.82, 2.24) is 5.32 Å². The quantitative estimate of drug-likeness (QED) is 0.587. The van der Waals surface area contributed by atoms with Crippen LogP contribution < -0.4 is 5.32 Å². The van der Waals surface area contributed by atoms with Gasteiger partial charge in [-0.15, -0.1) is 0 Å². The predicted octanol–water partition coefficient (Wildman–Crippen LogP) is 1.05. The van der Waals surface area contributed by atoms with Crippen LogP contribution in [0, 0.1) is 5.41 Å². The van der Waals surface area contributed by atoms with E-state index >= 15 is 0 Å². The molecule has 0 aromatic carbocycles. The second kappa shape index (κ2) is 3.76. The number of aliphatic hydroxyl groups is 1. The van der Waals surface area contributed by atoms with Crippen molar-refractivity contribution >= 4 is 6.09 Å². The Bertz CT molecular complexity index is 162. The zero-order valence-electron chi connectivity index (χ0n) is 7.96. The fourth-order valence-corrected chi connectivity index (χ4v) is 1.02. The van der Waals surface area contributed by atoms with E-state index in [0.29, 0.717) is 0 Å². The molecule has 0 aliphatic carbocycles. The second-order valence-corrected chi connectivity index (χ2v) is 4.05. The van der Waals surface area contributed by atoms with Gasteiger partial charge >= 0.3 is 6.09 Å². The Balaban J connectivity index is 4.10. The van der Waals surface area contributed by atoms with E-state index in [1.54, 1.807) is 6.92 Å². The number of nitrogens with one attached hydrogen (secondary N) is 1. The highest BCUT2D eigenvalue weighted by atomic mass is 16.4. The molecule has 4 heteroatoms. The summed E-state index contributed by atoms with van der Waals surface area (Å²) >= 11 is 0. The van der Waals surface area contributed by atoms with E-state index in [0.717, 1.165) is 0 Å². The zero-order chi connectivity index (χ0) is 9.94. The van der Waals surface area contributed by atoms with Crippen molar-refractivity contribution in [3.63, 3.8) is 0 Å². The third kappa shape index (κ3) is 3.57. The van der Waals surface area contributed by atoms with Crippen LogP contribution in [-0.4, -0.2) is 28.5 Å². The molecule has 4 nitrogen and oxygen atoms in total. The van der Waals surface area contributed by atoms with Gasteiger partial charge in [-0.25, -0.2) is 4.79 Å². The maximum absolute atomic E-state index is 10.2. The molecule has 1 unspecified atom stereocenters. The second-order valence-electron chi connectivity index (χ2n) is 4.05. The van der Waals surface area contributed by atoms with Crippen molar-refractivity contribution in [2.45, 2.75) is 39.8 Å². The summed E-state index contributed by atoms with van der Waals surface area (Å²) in [6, 6.07) is -0.442. The number of amides is 1. The van der Waals surface area contributed by atoms with Crippen LogP contribution in [0.2, 0.25) is 0 Å². The van der Waals surface area contributed by atoms with Gasteiger partial charge in [0, 0.05) is 0 Å².